The van der Waals surface area contributed by atoms with Gasteiger partial charge in [-0.3, -0.25) is 14.2 Å². The van der Waals surface area contributed by atoms with Gasteiger partial charge < -0.3 is 19.4 Å². The van der Waals surface area contributed by atoms with Crippen molar-refractivity contribution < 1.29 is 14.3 Å². The fraction of sp³-hybridized carbons (Fsp3) is 0.409. The van der Waals surface area contributed by atoms with E-state index in [1.165, 1.54) is 10.9 Å². The Morgan fingerprint density at radius 3 is 2.87 bits per heavy atom. The van der Waals surface area contributed by atoms with Crippen molar-refractivity contribution >= 4 is 16.9 Å². The van der Waals surface area contributed by atoms with Gasteiger partial charge in [-0.1, -0.05) is 30.3 Å². The molecule has 1 aliphatic heterocycles. The maximum atomic E-state index is 13.1. The van der Waals surface area contributed by atoms with Crippen LogP contribution in [0.25, 0.3) is 22.2 Å². The summed E-state index contributed by atoms with van der Waals surface area (Å²) in [5, 5.41) is 2.92. The smallest absolute Gasteiger partial charge is 0.277 e. The van der Waals surface area contributed by atoms with E-state index in [4.69, 9.17) is 9.47 Å². The van der Waals surface area contributed by atoms with Crippen molar-refractivity contribution in [2.75, 3.05) is 26.9 Å². The lowest BCUT2D eigenvalue weighted by molar-refractivity contribution is -0.122. The second-order valence-electron chi connectivity index (χ2n) is 7.41. The van der Waals surface area contributed by atoms with E-state index in [0.717, 1.165) is 30.6 Å². The van der Waals surface area contributed by atoms with Gasteiger partial charge in [-0.25, -0.2) is 4.98 Å². The molecule has 0 aliphatic carbocycles. The van der Waals surface area contributed by atoms with Gasteiger partial charge in [-0.15, -0.1) is 0 Å². The van der Waals surface area contributed by atoms with Crippen molar-refractivity contribution in [2.45, 2.75) is 32.0 Å². The third kappa shape index (κ3) is 4.29. The molecule has 1 fully saturated rings. The maximum Gasteiger partial charge on any atom is 0.277 e. The molecule has 1 aliphatic rings. The summed E-state index contributed by atoms with van der Waals surface area (Å²) in [4.78, 5) is 30.3. The molecule has 2 aromatic heterocycles. The first-order valence-corrected chi connectivity index (χ1v) is 10.2. The minimum absolute atomic E-state index is 0.0429. The fourth-order valence-electron chi connectivity index (χ4n) is 3.76. The zero-order chi connectivity index (χ0) is 20.9. The van der Waals surface area contributed by atoms with Crippen LogP contribution in [0, 0.1) is 0 Å². The average molecular weight is 410 g/mol. The predicted octanol–water partition coefficient (Wildman–Crippen LogP) is 1.81. The minimum atomic E-state index is -0.189. The number of ether oxygens (including phenoxy) is 2. The third-order valence-corrected chi connectivity index (χ3v) is 5.33. The molecule has 158 valence electrons. The lowest BCUT2D eigenvalue weighted by atomic mass is 10.1. The molecule has 1 amide bonds. The summed E-state index contributed by atoms with van der Waals surface area (Å²) in [5.41, 5.74) is 2.59. The first-order valence-electron chi connectivity index (χ1n) is 10.2. The minimum Gasteiger partial charge on any atom is -0.383 e. The van der Waals surface area contributed by atoms with Crippen LogP contribution >= 0.6 is 0 Å². The highest BCUT2D eigenvalue weighted by Gasteiger charge is 2.19. The second-order valence-corrected chi connectivity index (χ2v) is 7.41. The van der Waals surface area contributed by atoms with Gasteiger partial charge in [0.1, 0.15) is 17.6 Å². The van der Waals surface area contributed by atoms with Gasteiger partial charge in [0, 0.05) is 32.0 Å². The number of amides is 1. The standard InChI is InChI=1S/C22H26N4O4/c1-29-11-9-25-15-24-20-18(16-6-3-2-4-7-16)13-26(21(20)22(25)28)14-19(27)23-12-17-8-5-10-30-17/h2-4,6-7,13,15,17H,5,8-12,14H2,1H3,(H,23,27)/t17-/m1/s1. The Bertz CT molecular complexity index is 1070. The summed E-state index contributed by atoms with van der Waals surface area (Å²) in [6, 6.07) is 9.75. The van der Waals surface area contributed by atoms with Gasteiger partial charge in [0.25, 0.3) is 5.56 Å². The SMILES string of the molecule is COCCn1cnc2c(-c3ccccc3)cn(CC(=O)NC[C@H]3CCCO3)c2c1=O. The second kappa shape index (κ2) is 9.23. The zero-order valence-corrected chi connectivity index (χ0v) is 17.0. The van der Waals surface area contributed by atoms with Crippen LogP contribution in [0.3, 0.4) is 0 Å². The van der Waals surface area contributed by atoms with Gasteiger partial charge in [0.2, 0.25) is 5.91 Å². The van der Waals surface area contributed by atoms with Gasteiger partial charge in [0.05, 0.1) is 25.6 Å². The van der Waals surface area contributed by atoms with Crippen LogP contribution in [0.15, 0.2) is 47.7 Å². The molecule has 1 N–H and O–H groups in total. The number of fused-ring (bicyclic) bond motifs is 1. The number of aromatic nitrogens is 3. The maximum absolute atomic E-state index is 13.1. The van der Waals surface area contributed by atoms with Crippen LogP contribution < -0.4 is 10.9 Å². The van der Waals surface area contributed by atoms with E-state index in [2.05, 4.69) is 10.3 Å². The van der Waals surface area contributed by atoms with Crippen molar-refractivity contribution in [3.8, 4) is 11.1 Å². The average Bonchev–Trinajstić information content (AvgIpc) is 3.41. The summed E-state index contributed by atoms with van der Waals surface area (Å²) in [6.45, 7) is 2.08. The van der Waals surface area contributed by atoms with E-state index >= 15 is 0 Å². The van der Waals surface area contributed by atoms with E-state index < -0.39 is 0 Å². The van der Waals surface area contributed by atoms with Crippen LogP contribution in [0.5, 0.6) is 0 Å². The number of nitrogens with zero attached hydrogens (tertiary/aromatic N) is 3. The van der Waals surface area contributed by atoms with Crippen molar-refractivity contribution in [1.29, 1.82) is 0 Å². The van der Waals surface area contributed by atoms with E-state index in [1.807, 2.05) is 36.5 Å². The molecule has 8 heteroatoms. The molecule has 0 radical (unpaired) electrons. The summed E-state index contributed by atoms with van der Waals surface area (Å²) in [5.74, 6) is -0.159. The predicted molar refractivity (Wildman–Crippen MR) is 113 cm³/mol. The Labute approximate surface area is 174 Å². The molecule has 0 spiro atoms. The molecule has 30 heavy (non-hydrogen) atoms. The molecular formula is C22H26N4O4. The zero-order valence-electron chi connectivity index (χ0n) is 17.0. The quantitative estimate of drug-likeness (QED) is 0.612. The molecule has 8 nitrogen and oxygen atoms in total. The number of methoxy groups -OCH3 is 1. The number of nitrogens with one attached hydrogen (secondary N) is 1. The topological polar surface area (TPSA) is 87.4 Å². The van der Waals surface area contributed by atoms with Crippen molar-refractivity contribution in [3.63, 3.8) is 0 Å². The largest absolute Gasteiger partial charge is 0.383 e. The van der Waals surface area contributed by atoms with Crippen LogP contribution in [-0.2, 0) is 27.4 Å². The van der Waals surface area contributed by atoms with E-state index in [-0.39, 0.29) is 24.1 Å². The molecule has 1 atom stereocenters. The van der Waals surface area contributed by atoms with Crippen molar-refractivity contribution in [3.05, 3.63) is 53.2 Å². The fourth-order valence-corrected chi connectivity index (χ4v) is 3.76. The first-order chi connectivity index (χ1) is 14.7. The molecule has 3 aromatic rings. The molecule has 1 aromatic carbocycles. The molecule has 4 rings (SSSR count). The Hall–Kier alpha value is -2.97. The Balaban J connectivity index is 1.67. The lowest BCUT2D eigenvalue weighted by Gasteiger charge is -2.11. The normalized spacial score (nSPS) is 16.2. The number of hydrogen-bond donors (Lipinski definition) is 1. The molecular weight excluding hydrogens is 384 g/mol. The lowest BCUT2D eigenvalue weighted by Crippen LogP contribution is -2.34. The molecule has 0 saturated carbocycles. The highest BCUT2D eigenvalue weighted by Crippen LogP contribution is 2.27. The molecule has 0 bridgehead atoms. The highest BCUT2D eigenvalue weighted by atomic mass is 16.5. The summed E-state index contributed by atoms with van der Waals surface area (Å²) >= 11 is 0. The van der Waals surface area contributed by atoms with Crippen LogP contribution in [-0.4, -0.2) is 53.0 Å². The van der Waals surface area contributed by atoms with Crippen LogP contribution in [0.1, 0.15) is 12.8 Å². The Morgan fingerprint density at radius 2 is 2.13 bits per heavy atom. The van der Waals surface area contributed by atoms with Gasteiger partial charge in [-0.05, 0) is 18.4 Å². The number of rotatable bonds is 8. The first kappa shape index (κ1) is 20.3. The summed E-state index contributed by atoms with van der Waals surface area (Å²) < 4.78 is 13.9. The monoisotopic (exact) mass is 410 g/mol. The molecule has 0 unspecified atom stereocenters. The number of carbonyl (C=O) groups is 1. The van der Waals surface area contributed by atoms with Crippen molar-refractivity contribution in [1.82, 2.24) is 19.4 Å². The number of benzene rings is 1. The van der Waals surface area contributed by atoms with Gasteiger partial charge >= 0.3 is 0 Å². The number of hydrogen-bond acceptors (Lipinski definition) is 5. The van der Waals surface area contributed by atoms with Crippen LogP contribution in [0.2, 0.25) is 0 Å². The van der Waals surface area contributed by atoms with Crippen LogP contribution in [0.4, 0.5) is 0 Å². The third-order valence-electron chi connectivity index (χ3n) is 5.33. The molecule has 1 saturated heterocycles. The van der Waals surface area contributed by atoms with Gasteiger partial charge in [0.15, 0.2) is 0 Å². The van der Waals surface area contributed by atoms with E-state index in [0.29, 0.717) is 30.7 Å². The summed E-state index contributed by atoms with van der Waals surface area (Å²) in [6.07, 6.45) is 5.43. The highest BCUT2D eigenvalue weighted by molar-refractivity contribution is 5.93. The van der Waals surface area contributed by atoms with E-state index in [1.54, 1.807) is 11.7 Å². The van der Waals surface area contributed by atoms with Crippen molar-refractivity contribution in [2.24, 2.45) is 0 Å². The van der Waals surface area contributed by atoms with E-state index in [9.17, 15) is 9.59 Å². The number of carbonyl (C=O) groups excluding carboxylic acids is 1. The summed E-state index contributed by atoms with van der Waals surface area (Å²) in [7, 11) is 1.59. The Morgan fingerprint density at radius 1 is 1.30 bits per heavy atom. The van der Waals surface area contributed by atoms with Gasteiger partial charge in [-0.2, -0.15) is 0 Å². The Kier molecular flexibility index (Phi) is 6.25. The molecule has 3 heterocycles.